The Kier molecular flexibility index (Phi) is 3.27. The molecular formula is C16H13NO3S. The Morgan fingerprint density at radius 1 is 0.810 bits per heavy atom. The van der Waals surface area contributed by atoms with Crippen molar-refractivity contribution in [3.63, 3.8) is 0 Å². The van der Waals surface area contributed by atoms with Gasteiger partial charge in [-0.25, -0.2) is 0 Å². The van der Waals surface area contributed by atoms with Crippen LogP contribution in [0.5, 0.6) is 5.75 Å². The van der Waals surface area contributed by atoms with Crippen molar-refractivity contribution in [2.45, 2.75) is 4.90 Å². The minimum atomic E-state index is -3.88. The number of benzene rings is 3. The molecular weight excluding hydrogens is 286 g/mol. The molecule has 5 heteroatoms. The Morgan fingerprint density at radius 3 is 2.33 bits per heavy atom. The summed E-state index contributed by atoms with van der Waals surface area (Å²) >= 11 is 0. The van der Waals surface area contributed by atoms with Crippen LogP contribution in [0.25, 0.3) is 10.8 Å². The fraction of sp³-hybridized carbons (Fsp3) is 0. The first-order valence-electron chi connectivity index (χ1n) is 6.33. The van der Waals surface area contributed by atoms with Gasteiger partial charge in [0.05, 0.1) is 0 Å². The largest absolute Gasteiger partial charge is 0.399 e. The molecule has 4 nitrogen and oxygen atoms in total. The highest BCUT2D eigenvalue weighted by molar-refractivity contribution is 7.87. The molecule has 0 atom stereocenters. The van der Waals surface area contributed by atoms with Gasteiger partial charge in [-0.15, -0.1) is 0 Å². The summed E-state index contributed by atoms with van der Waals surface area (Å²) in [6, 6.07) is 18.8. The molecule has 0 bridgehead atoms. The molecule has 0 aromatic heterocycles. The fourth-order valence-corrected chi connectivity index (χ4v) is 3.04. The van der Waals surface area contributed by atoms with Gasteiger partial charge in [-0.2, -0.15) is 8.42 Å². The summed E-state index contributed by atoms with van der Waals surface area (Å²) in [4.78, 5) is 0.0376. The maximum Gasteiger partial charge on any atom is 0.339 e. The second-order valence-corrected chi connectivity index (χ2v) is 6.17. The molecule has 0 saturated carbocycles. The Labute approximate surface area is 122 Å². The van der Waals surface area contributed by atoms with E-state index >= 15 is 0 Å². The van der Waals surface area contributed by atoms with Crippen molar-refractivity contribution in [3.05, 3.63) is 66.7 Å². The zero-order chi connectivity index (χ0) is 14.9. The second-order valence-electron chi connectivity index (χ2n) is 4.62. The number of hydrogen-bond donors (Lipinski definition) is 1. The van der Waals surface area contributed by atoms with Crippen LogP contribution in [0.2, 0.25) is 0 Å². The van der Waals surface area contributed by atoms with E-state index < -0.39 is 10.1 Å². The van der Waals surface area contributed by atoms with Gasteiger partial charge in [0.1, 0.15) is 10.6 Å². The van der Waals surface area contributed by atoms with Gasteiger partial charge in [0.2, 0.25) is 0 Å². The van der Waals surface area contributed by atoms with E-state index in [9.17, 15) is 8.42 Å². The number of anilines is 1. The molecule has 0 unspecified atom stereocenters. The van der Waals surface area contributed by atoms with Gasteiger partial charge in [0.15, 0.2) is 0 Å². The predicted molar refractivity (Wildman–Crippen MR) is 82.6 cm³/mol. The minimum Gasteiger partial charge on any atom is -0.399 e. The topological polar surface area (TPSA) is 69.4 Å². The summed E-state index contributed by atoms with van der Waals surface area (Å²) in [5.74, 6) is 0.274. The lowest BCUT2D eigenvalue weighted by Gasteiger charge is -2.08. The summed E-state index contributed by atoms with van der Waals surface area (Å²) < 4.78 is 29.6. The number of nitrogen functional groups attached to an aromatic ring is 1. The smallest absolute Gasteiger partial charge is 0.339 e. The first-order valence-corrected chi connectivity index (χ1v) is 7.74. The minimum absolute atomic E-state index is 0.0376. The third-order valence-corrected chi connectivity index (χ3v) is 4.32. The van der Waals surface area contributed by atoms with E-state index in [4.69, 9.17) is 9.92 Å². The maximum absolute atomic E-state index is 12.2. The van der Waals surface area contributed by atoms with Crippen LogP contribution in [0, 0.1) is 0 Å². The molecule has 21 heavy (non-hydrogen) atoms. The van der Waals surface area contributed by atoms with Crippen LogP contribution in [-0.2, 0) is 10.1 Å². The summed E-state index contributed by atoms with van der Waals surface area (Å²) in [6.07, 6.45) is 0. The van der Waals surface area contributed by atoms with Crippen molar-refractivity contribution >= 4 is 26.6 Å². The van der Waals surface area contributed by atoms with Gasteiger partial charge >= 0.3 is 10.1 Å². The van der Waals surface area contributed by atoms with Crippen molar-refractivity contribution in [1.29, 1.82) is 0 Å². The molecule has 0 aliphatic carbocycles. The summed E-state index contributed by atoms with van der Waals surface area (Å²) in [5, 5.41) is 1.93. The number of rotatable bonds is 3. The van der Waals surface area contributed by atoms with E-state index in [0.29, 0.717) is 5.69 Å². The third kappa shape index (κ3) is 2.83. The van der Waals surface area contributed by atoms with Crippen LogP contribution in [0.3, 0.4) is 0 Å². The molecule has 0 aliphatic rings. The molecule has 3 aromatic rings. The lowest BCUT2D eigenvalue weighted by Crippen LogP contribution is -2.10. The Hall–Kier alpha value is -2.53. The van der Waals surface area contributed by atoms with Gasteiger partial charge in [-0.05, 0) is 41.1 Å². The summed E-state index contributed by atoms with van der Waals surface area (Å²) in [5.41, 5.74) is 5.98. The molecule has 0 radical (unpaired) electrons. The fourth-order valence-electron chi connectivity index (χ4n) is 2.06. The van der Waals surface area contributed by atoms with Crippen molar-refractivity contribution < 1.29 is 12.6 Å². The Morgan fingerprint density at radius 2 is 1.57 bits per heavy atom. The summed E-state index contributed by atoms with van der Waals surface area (Å²) in [7, 11) is -3.88. The first-order chi connectivity index (χ1) is 10.0. The van der Waals surface area contributed by atoms with Crippen LogP contribution in [-0.4, -0.2) is 8.42 Å². The number of hydrogen-bond acceptors (Lipinski definition) is 4. The number of nitrogens with two attached hydrogens (primary N) is 1. The molecule has 0 heterocycles. The van der Waals surface area contributed by atoms with E-state index in [1.165, 1.54) is 12.1 Å². The van der Waals surface area contributed by atoms with Gasteiger partial charge in [-0.3, -0.25) is 0 Å². The van der Waals surface area contributed by atoms with E-state index in [1.54, 1.807) is 24.3 Å². The highest BCUT2D eigenvalue weighted by Crippen LogP contribution is 2.24. The van der Waals surface area contributed by atoms with Crippen LogP contribution in [0.15, 0.2) is 71.6 Å². The molecule has 0 amide bonds. The van der Waals surface area contributed by atoms with Gasteiger partial charge in [-0.1, -0.05) is 36.4 Å². The molecule has 0 saturated heterocycles. The maximum atomic E-state index is 12.2. The van der Waals surface area contributed by atoms with Crippen molar-refractivity contribution in [2.75, 3.05) is 5.73 Å². The average molecular weight is 299 g/mol. The third-order valence-electron chi connectivity index (χ3n) is 3.07. The average Bonchev–Trinajstić information content (AvgIpc) is 2.47. The molecule has 0 spiro atoms. The monoisotopic (exact) mass is 299 g/mol. The highest BCUT2D eigenvalue weighted by Gasteiger charge is 2.16. The van der Waals surface area contributed by atoms with E-state index in [2.05, 4.69) is 0 Å². The summed E-state index contributed by atoms with van der Waals surface area (Å²) in [6.45, 7) is 0. The lowest BCUT2D eigenvalue weighted by molar-refractivity contribution is 0.486. The molecule has 106 valence electrons. The van der Waals surface area contributed by atoms with Gasteiger partial charge in [0, 0.05) is 5.69 Å². The number of fused-ring (bicyclic) bond motifs is 1. The zero-order valence-electron chi connectivity index (χ0n) is 11.1. The molecule has 3 aromatic carbocycles. The van der Waals surface area contributed by atoms with Crippen molar-refractivity contribution in [2.24, 2.45) is 0 Å². The van der Waals surface area contributed by atoms with E-state index in [-0.39, 0.29) is 10.6 Å². The van der Waals surface area contributed by atoms with E-state index in [0.717, 1.165) is 10.8 Å². The first kappa shape index (κ1) is 13.5. The second kappa shape index (κ2) is 5.10. The molecule has 2 N–H and O–H groups in total. The molecule has 0 aliphatic heterocycles. The zero-order valence-corrected chi connectivity index (χ0v) is 11.9. The quantitative estimate of drug-likeness (QED) is 0.595. The SMILES string of the molecule is Nc1cccc(S(=O)(=O)Oc2ccc3ccccc3c2)c1. The Balaban J connectivity index is 1.97. The molecule has 0 fully saturated rings. The van der Waals surface area contributed by atoms with Crippen LogP contribution < -0.4 is 9.92 Å². The predicted octanol–water partition coefficient (Wildman–Crippen LogP) is 3.19. The lowest BCUT2D eigenvalue weighted by atomic mass is 10.1. The van der Waals surface area contributed by atoms with Crippen molar-refractivity contribution in [3.8, 4) is 5.75 Å². The highest BCUT2D eigenvalue weighted by atomic mass is 32.2. The van der Waals surface area contributed by atoms with Crippen LogP contribution in [0.4, 0.5) is 5.69 Å². The van der Waals surface area contributed by atoms with E-state index in [1.807, 2.05) is 30.3 Å². The van der Waals surface area contributed by atoms with Crippen molar-refractivity contribution in [1.82, 2.24) is 0 Å². The van der Waals surface area contributed by atoms with Gasteiger partial charge < -0.3 is 9.92 Å². The standard InChI is InChI=1S/C16H13NO3S/c17-14-6-3-7-16(11-14)21(18,19)20-15-9-8-12-4-1-2-5-13(12)10-15/h1-11H,17H2. The van der Waals surface area contributed by atoms with Crippen LogP contribution in [0.1, 0.15) is 0 Å². The molecule has 3 rings (SSSR count). The van der Waals surface area contributed by atoms with Crippen LogP contribution >= 0.6 is 0 Å². The van der Waals surface area contributed by atoms with Gasteiger partial charge in [0.25, 0.3) is 0 Å². The normalized spacial score (nSPS) is 11.4. The Bertz CT molecular complexity index is 904.